The molecule has 0 saturated carbocycles. The summed E-state index contributed by atoms with van der Waals surface area (Å²) < 4.78 is 1.74. The first-order valence-electron chi connectivity index (χ1n) is 5.80. The average Bonchev–Trinajstić information content (AvgIpc) is 2.76. The minimum atomic E-state index is -1.27. The summed E-state index contributed by atoms with van der Waals surface area (Å²) in [5, 5.41) is 8.99. The minimum Gasteiger partial charge on any atom is -0.480 e. The van der Waals surface area contributed by atoms with Crippen molar-refractivity contribution in [2.24, 2.45) is 5.73 Å². The van der Waals surface area contributed by atoms with E-state index in [4.69, 9.17) is 16.6 Å². The second-order valence-corrected chi connectivity index (χ2v) is 4.72. The lowest BCUT2D eigenvalue weighted by molar-refractivity contribution is -0.142. The average molecular weight is 260 g/mol. The molecule has 0 unspecified atom stereocenters. The van der Waals surface area contributed by atoms with E-state index in [-0.39, 0.29) is 6.42 Å². The van der Waals surface area contributed by atoms with Crippen molar-refractivity contribution < 1.29 is 9.90 Å². The number of benzene rings is 1. The Morgan fingerprint density at radius 3 is 2.53 bits per heavy atom. The molecule has 0 fully saturated rings. The number of aromatic nitrogens is 2. The number of hydrogen-bond acceptors (Lipinski definition) is 4. The van der Waals surface area contributed by atoms with Crippen molar-refractivity contribution in [3.63, 3.8) is 0 Å². The Bertz CT molecular complexity index is 587. The van der Waals surface area contributed by atoms with Crippen molar-refractivity contribution in [2.75, 3.05) is 5.73 Å². The van der Waals surface area contributed by atoms with E-state index in [2.05, 4.69) is 4.98 Å². The van der Waals surface area contributed by atoms with Crippen molar-refractivity contribution in [1.29, 1.82) is 0 Å². The van der Waals surface area contributed by atoms with Crippen molar-refractivity contribution in [3.8, 4) is 5.69 Å². The second kappa shape index (κ2) is 4.74. The Morgan fingerprint density at radius 2 is 2.05 bits per heavy atom. The zero-order chi connectivity index (χ0) is 14.0. The minimum absolute atomic E-state index is 0.266. The third kappa shape index (κ3) is 2.74. The van der Waals surface area contributed by atoms with E-state index >= 15 is 0 Å². The molecule has 6 nitrogen and oxygen atoms in total. The van der Waals surface area contributed by atoms with Gasteiger partial charge in [0.2, 0.25) is 5.95 Å². The fraction of sp³-hybridized carbons (Fsp3) is 0.231. The first-order valence-corrected chi connectivity index (χ1v) is 5.80. The highest BCUT2D eigenvalue weighted by atomic mass is 16.4. The van der Waals surface area contributed by atoms with Gasteiger partial charge in [0, 0.05) is 24.5 Å². The van der Waals surface area contributed by atoms with Gasteiger partial charge in [0.05, 0.1) is 0 Å². The van der Waals surface area contributed by atoms with Crippen LogP contribution in [0.4, 0.5) is 5.95 Å². The summed E-state index contributed by atoms with van der Waals surface area (Å²) in [6, 6.07) is 7.38. The molecule has 1 atom stereocenters. The number of nitrogens with two attached hydrogens (primary N) is 2. The molecule has 0 saturated heterocycles. The summed E-state index contributed by atoms with van der Waals surface area (Å²) in [4.78, 5) is 14.9. The summed E-state index contributed by atoms with van der Waals surface area (Å²) in [5.74, 6) is -0.614. The molecule has 2 rings (SSSR count). The number of carboxylic acid groups (broad SMARTS) is 1. The normalized spacial score (nSPS) is 14.0. The van der Waals surface area contributed by atoms with Crippen LogP contribution in [0.2, 0.25) is 0 Å². The number of carbonyl (C=O) groups is 1. The second-order valence-electron chi connectivity index (χ2n) is 4.72. The van der Waals surface area contributed by atoms with Crippen LogP contribution in [0.5, 0.6) is 0 Å². The van der Waals surface area contributed by atoms with Crippen LogP contribution in [0, 0.1) is 0 Å². The van der Waals surface area contributed by atoms with Crippen molar-refractivity contribution in [1.82, 2.24) is 9.55 Å². The van der Waals surface area contributed by atoms with Crippen LogP contribution in [0.3, 0.4) is 0 Å². The Kier molecular flexibility index (Phi) is 3.26. The Hall–Kier alpha value is -2.34. The van der Waals surface area contributed by atoms with E-state index in [9.17, 15) is 4.79 Å². The van der Waals surface area contributed by atoms with Gasteiger partial charge in [0.1, 0.15) is 5.54 Å². The first-order chi connectivity index (χ1) is 8.90. The molecule has 0 amide bonds. The van der Waals surface area contributed by atoms with Gasteiger partial charge in [-0.05, 0) is 24.6 Å². The van der Waals surface area contributed by atoms with E-state index in [0.717, 1.165) is 11.3 Å². The number of nitrogen functional groups attached to an aromatic ring is 1. The van der Waals surface area contributed by atoms with E-state index < -0.39 is 11.5 Å². The van der Waals surface area contributed by atoms with Gasteiger partial charge in [-0.25, -0.2) is 4.98 Å². The maximum absolute atomic E-state index is 11.0. The van der Waals surface area contributed by atoms with Gasteiger partial charge in [-0.2, -0.15) is 0 Å². The highest BCUT2D eigenvalue weighted by Crippen LogP contribution is 2.16. The molecule has 0 aliphatic rings. The van der Waals surface area contributed by atoms with E-state index in [1.807, 2.05) is 24.3 Å². The molecular weight excluding hydrogens is 244 g/mol. The lowest BCUT2D eigenvalue weighted by Crippen LogP contribution is -2.46. The maximum Gasteiger partial charge on any atom is 0.323 e. The quantitative estimate of drug-likeness (QED) is 0.753. The van der Waals surface area contributed by atoms with Gasteiger partial charge >= 0.3 is 5.97 Å². The van der Waals surface area contributed by atoms with Crippen LogP contribution < -0.4 is 11.5 Å². The zero-order valence-electron chi connectivity index (χ0n) is 10.6. The molecule has 2 aromatic rings. The fourth-order valence-electron chi connectivity index (χ4n) is 1.81. The molecule has 0 aliphatic carbocycles. The van der Waals surface area contributed by atoms with E-state index in [0.29, 0.717) is 5.95 Å². The summed E-state index contributed by atoms with van der Waals surface area (Å²) in [6.07, 6.45) is 3.64. The summed E-state index contributed by atoms with van der Waals surface area (Å²) in [5.41, 5.74) is 11.9. The number of hydrogen-bond donors (Lipinski definition) is 3. The number of rotatable bonds is 4. The van der Waals surface area contributed by atoms with Crippen LogP contribution >= 0.6 is 0 Å². The number of imidazole rings is 1. The van der Waals surface area contributed by atoms with Gasteiger partial charge in [-0.1, -0.05) is 12.1 Å². The van der Waals surface area contributed by atoms with Crippen LogP contribution in [-0.4, -0.2) is 26.2 Å². The molecule has 0 radical (unpaired) electrons. The first kappa shape index (κ1) is 13.1. The molecule has 0 bridgehead atoms. The molecule has 19 heavy (non-hydrogen) atoms. The predicted octanol–water partition coefficient (Wildman–Crippen LogP) is 0.799. The number of carboxylic acids is 1. The van der Waals surface area contributed by atoms with Gasteiger partial charge in [-0.15, -0.1) is 0 Å². The SMILES string of the molecule is C[C@@](N)(Cc1ccc(-n2ccnc2N)cc1)C(=O)O. The van der Waals surface area contributed by atoms with E-state index in [1.54, 1.807) is 17.0 Å². The fourth-order valence-corrected chi connectivity index (χ4v) is 1.81. The largest absolute Gasteiger partial charge is 0.480 e. The standard InChI is InChI=1S/C13H16N4O2/c1-13(15,11(18)19)8-9-2-4-10(5-3-9)17-7-6-16-12(17)14/h2-7H,8,15H2,1H3,(H2,14,16)(H,18,19)/t13-/m1/s1. The molecule has 100 valence electrons. The lowest BCUT2D eigenvalue weighted by Gasteiger charge is -2.19. The number of anilines is 1. The van der Waals surface area contributed by atoms with Crippen LogP contribution in [0.25, 0.3) is 5.69 Å². The van der Waals surface area contributed by atoms with Crippen molar-refractivity contribution >= 4 is 11.9 Å². The molecule has 1 aromatic carbocycles. The summed E-state index contributed by atoms with van der Waals surface area (Å²) in [7, 11) is 0. The van der Waals surface area contributed by atoms with Crippen LogP contribution in [0.15, 0.2) is 36.7 Å². The Morgan fingerprint density at radius 1 is 1.42 bits per heavy atom. The number of nitrogens with zero attached hydrogens (tertiary/aromatic N) is 2. The third-order valence-electron chi connectivity index (χ3n) is 2.94. The molecule has 0 aliphatic heterocycles. The Labute approximate surface area is 110 Å². The zero-order valence-corrected chi connectivity index (χ0v) is 10.6. The molecule has 5 N–H and O–H groups in total. The summed E-state index contributed by atoms with van der Waals surface area (Å²) in [6.45, 7) is 1.50. The van der Waals surface area contributed by atoms with Crippen molar-refractivity contribution in [3.05, 3.63) is 42.2 Å². The summed E-state index contributed by atoms with van der Waals surface area (Å²) >= 11 is 0. The van der Waals surface area contributed by atoms with Crippen molar-refractivity contribution in [2.45, 2.75) is 18.9 Å². The maximum atomic E-state index is 11.0. The third-order valence-corrected chi connectivity index (χ3v) is 2.94. The topological polar surface area (TPSA) is 107 Å². The monoisotopic (exact) mass is 260 g/mol. The molecule has 1 heterocycles. The predicted molar refractivity (Wildman–Crippen MR) is 71.9 cm³/mol. The van der Waals surface area contributed by atoms with Gasteiger partial charge in [-0.3, -0.25) is 9.36 Å². The molecule has 0 spiro atoms. The van der Waals surface area contributed by atoms with Crippen LogP contribution in [0.1, 0.15) is 12.5 Å². The highest BCUT2D eigenvalue weighted by Gasteiger charge is 2.27. The molecular formula is C13H16N4O2. The van der Waals surface area contributed by atoms with Gasteiger partial charge in [0.15, 0.2) is 0 Å². The highest BCUT2D eigenvalue weighted by molar-refractivity contribution is 5.78. The number of aliphatic carboxylic acids is 1. The van der Waals surface area contributed by atoms with Gasteiger partial charge in [0.25, 0.3) is 0 Å². The Balaban J connectivity index is 2.20. The van der Waals surface area contributed by atoms with E-state index in [1.165, 1.54) is 6.92 Å². The van der Waals surface area contributed by atoms with Gasteiger partial charge < -0.3 is 16.6 Å². The molecule has 6 heteroatoms. The smallest absolute Gasteiger partial charge is 0.323 e. The van der Waals surface area contributed by atoms with Crippen LogP contribution in [-0.2, 0) is 11.2 Å². The molecule has 1 aromatic heterocycles. The lowest BCUT2D eigenvalue weighted by atomic mass is 9.94.